The molecule has 9 nitrogen and oxygen atoms in total. The molecule has 0 bridgehead atoms. The monoisotopic (exact) mass is 604 g/mol. The fourth-order valence-corrected chi connectivity index (χ4v) is 10.2. The lowest BCUT2D eigenvalue weighted by Crippen LogP contribution is -2.68. The summed E-state index contributed by atoms with van der Waals surface area (Å²) in [6, 6.07) is 0. The van der Waals surface area contributed by atoms with Crippen LogP contribution < -0.4 is 0 Å². The predicted octanol–water partition coefficient (Wildman–Crippen LogP) is 5.95. The maximum absolute atomic E-state index is 14.6. The van der Waals surface area contributed by atoms with Crippen LogP contribution in [0.2, 0.25) is 0 Å². The topological polar surface area (TPSA) is 122 Å². The fraction of sp³-hybridized carbons (Fsp3) is 0.853. The van der Waals surface area contributed by atoms with Crippen molar-refractivity contribution >= 4 is 29.7 Å². The highest BCUT2D eigenvalue weighted by Crippen LogP contribution is 2.74. The Balaban J connectivity index is 1.63. The van der Waals surface area contributed by atoms with Gasteiger partial charge in [-0.3, -0.25) is 24.0 Å². The molecule has 4 aliphatic rings. The van der Waals surface area contributed by atoms with Crippen molar-refractivity contribution < 1.29 is 42.9 Å². The van der Waals surface area contributed by atoms with Gasteiger partial charge in [0.15, 0.2) is 11.4 Å². The molecule has 0 aromatic carbocycles. The zero-order chi connectivity index (χ0) is 32.2. The number of hydrogen-bond acceptors (Lipinski definition) is 9. The molecular formula is C34H52O9. The van der Waals surface area contributed by atoms with Gasteiger partial charge in [-0.25, -0.2) is 0 Å². The summed E-state index contributed by atoms with van der Waals surface area (Å²) in [7, 11) is 0. The van der Waals surface area contributed by atoms with Gasteiger partial charge in [0, 0.05) is 25.2 Å². The molecule has 0 unspecified atom stereocenters. The molecule has 0 heterocycles. The van der Waals surface area contributed by atoms with E-state index in [9.17, 15) is 24.0 Å². The quantitative estimate of drug-likeness (QED) is 0.197. The number of esters is 4. The van der Waals surface area contributed by atoms with E-state index < -0.39 is 42.6 Å². The van der Waals surface area contributed by atoms with Crippen LogP contribution in [0.1, 0.15) is 120 Å². The lowest BCUT2D eigenvalue weighted by Gasteiger charge is -2.71. The molecule has 0 aromatic rings. The minimum atomic E-state index is -1.60. The standard InChI is InChI=1S/C34H52O9/c1-20(2)29(39)43-34(18-27(37)41-19-40-21(3)35)17-16-32(8)23(28(34)38)10-11-25-31(7)14-13-26(42-22(4)36)30(5,6)24(31)12-15-33(25,32)9/h20,23-26H,10-19H2,1-9H3/t23-,24+,25-,26+,31+,32-,33-,34-/m1/s1. The number of fused-ring (bicyclic) bond motifs is 5. The lowest BCUT2D eigenvalue weighted by molar-refractivity contribution is -0.241. The molecule has 4 aliphatic carbocycles. The van der Waals surface area contributed by atoms with Crippen LogP contribution in [-0.2, 0) is 42.9 Å². The van der Waals surface area contributed by atoms with Gasteiger partial charge in [0.25, 0.3) is 0 Å². The minimum Gasteiger partial charge on any atom is -0.462 e. The molecule has 242 valence electrons. The van der Waals surface area contributed by atoms with E-state index in [1.165, 1.54) is 13.8 Å². The summed E-state index contributed by atoms with van der Waals surface area (Å²) < 4.78 is 21.6. The van der Waals surface area contributed by atoms with Crippen LogP contribution in [0.25, 0.3) is 0 Å². The third-order valence-electron chi connectivity index (χ3n) is 12.6. The molecule has 0 spiro atoms. The van der Waals surface area contributed by atoms with Crippen LogP contribution in [-0.4, -0.2) is 48.2 Å². The number of carbonyl (C=O) groups is 5. The Bertz CT molecular complexity index is 1160. The Kier molecular flexibility index (Phi) is 8.93. The summed E-state index contributed by atoms with van der Waals surface area (Å²) in [5.41, 5.74) is -2.21. The van der Waals surface area contributed by atoms with E-state index in [2.05, 4.69) is 34.6 Å². The van der Waals surface area contributed by atoms with Crippen LogP contribution >= 0.6 is 0 Å². The number of hydrogen-bond donors (Lipinski definition) is 0. The maximum atomic E-state index is 14.6. The zero-order valence-corrected chi connectivity index (χ0v) is 27.6. The number of Topliss-reactive ketones (excluding diaryl/α,β-unsaturated/α-hetero) is 1. The van der Waals surface area contributed by atoms with Crippen molar-refractivity contribution in [1.82, 2.24) is 0 Å². The molecular weight excluding hydrogens is 552 g/mol. The van der Waals surface area contributed by atoms with Gasteiger partial charge in [0.1, 0.15) is 6.10 Å². The largest absolute Gasteiger partial charge is 0.462 e. The van der Waals surface area contributed by atoms with Gasteiger partial charge in [0.2, 0.25) is 6.79 Å². The summed E-state index contributed by atoms with van der Waals surface area (Å²) in [4.78, 5) is 63.4. The second-order valence-corrected chi connectivity index (χ2v) is 15.5. The minimum absolute atomic E-state index is 0.0311. The van der Waals surface area contributed by atoms with Crippen LogP contribution in [0.5, 0.6) is 0 Å². The van der Waals surface area contributed by atoms with E-state index in [0.717, 1.165) is 32.1 Å². The van der Waals surface area contributed by atoms with Gasteiger partial charge >= 0.3 is 23.9 Å². The molecule has 0 N–H and O–H groups in total. The Morgan fingerprint density at radius 2 is 1.47 bits per heavy atom. The Morgan fingerprint density at radius 3 is 2.07 bits per heavy atom. The molecule has 0 aromatic heterocycles. The summed E-state index contributed by atoms with van der Waals surface area (Å²) in [6.07, 6.45) is 5.65. The van der Waals surface area contributed by atoms with E-state index in [0.29, 0.717) is 24.7 Å². The number of rotatable bonds is 7. The van der Waals surface area contributed by atoms with Gasteiger partial charge in [-0.05, 0) is 79.4 Å². The lowest BCUT2D eigenvalue weighted by atomic mass is 9.33. The van der Waals surface area contributed by atoms with E-state index in [1.807, 2.05) is 0 Å². The maximum Gasteiger partial charge on any atom is 0.313 e. The van der Waals surface area contributed by atoms with Crippen LogP contribution in [0.4, 0.5) is 0 Å². The molecule has 0 amide bonds. The molecule has 0 radical (unpaired) electrons. The van der Waals surface area contributed by atoms with E-state index >= 15 is 0 Å². The van der Waals surface area contributed by atoms with Crippen molar-refractivity contribution in [3.8, 4) is 0 Å². The van der Waals surface area contributed by atoms with Crippen LogP contribution in [0.3, 0.4) is 0 Å². The summed E-state index contributed by atoms with van der Waals surface area (Å²) in [5.74, 6) is -2.34. The first-order valence-corrected chi connectivity index (χ1v) is 16.1. The fourth-order valence-electron chi connectivity index (χ4n) is 10.2. The average Bonchev–Trinajstić information content (AvgIpc) is 2.88. The summed E-state index contributed by atoms with van der Waals surface area (Å²) in [5, 5.41) is 0. The third-order valence-corrected chi connectivity index (χ3v) is 12.6. The van der Waals surface area contributed by atoms with E-state index in [4.69, 9.17) is 18.9 Å². The smallest absolute Gasteiger partial charge is 0.313 e. The van der Waals surface area contributed by atoms with Crippen molar-refractivity contribution in [3.63, 3.8) is 0 Å². The van der Waals surface area contributed by atoms with Crippen molar-refractivity contribution in [2.75, 3.05) is 6.79 Å². The number of ether oxygens (including phenoxy) is 4. The Labute approximate surface area is 256 Å². The van der Waals surface area contributed by atoms with Gasteiger partial charge in [-0.1, -0.05) is 48.5 Å². The molecule has 0 aliphatic heterocycles. The highest BCUT2D eigenvalue weighted by molar-refractivity contribution is 5.96. The summed E-state index contributed by atoms with van der Waals surface area (Å²) >= 11 is 0. The molecule has 4 fully saturated rings. The number of ketones is 1. The van der Waals surface area contributed by atoms with Gasteiger partial charge in [-0.2, -0.15) is 0 Å². The average molecular weight is 605 g/mol. The summed E-state index contributed by atoms with van der Waals surface area (Å²) in [6.45, 7) is 17.1. The van der Waals surface area contributed by atoms with Gasteiger partial charge in [0.05, 0.1) is 12.3 Å². The first kappa shape index (κ1) is 33.4. The van der Waals surface area contributed by atoms with Gasteiger partial charge < -0.3 is 18.9 Å². The number of carbonyl (C=O) groups excluding carboxylic acids is 5. The van der Waals surface area contributed by atoms with E-state index in [-0.39, 0.29) is 51.9 Å². The molecule has 43 heavy (non-hydrogen) atoms. The van der Waals surface area contributed by atoms with Crippen molar-refractivity contribution in [1.29, 1.82) is 0 Å². The molecule has 4 saturated carbocycles. The van der Waals surface area contributed by atoms with Crippen molar-refractivity contribution in [2.45, 2.75) is 132 Å². The van der Waals surface area contributed by atoms with E-state index in [1.54, 1.807) is 13.8 Å². The first-order chi connectivity index (χ1) is 19.8. The highest BCUT2D eigenvalue weighted by Gasteiger charge is 2.70. The van der Waals surface area contributed by atoms with Crippen molar-refractivity contribution in [3.05, 3.63) is 0 Å². The highest BCUT2D eigenvalue weighted by atomic mass is 16.7. The zero-order valence-electron chi connectivity index (χ0n) is 27.6. The van der Waals surface area contributed by atoms with Crippen LogP contribution in [0, 0.1) is 45.3 Å². The Morgan fingerprint density at radius 1 is 0.791 bits per heavy atom. The second kappa shape index (κ2) is 11.5. The molecule has 4 rings (SSSR count). The normalized spacial score (nSPS) is 39.9. The Hall–Kier alpha value is -2.45. The van der Waals surface area contributed by atoms with Crippen LogP contribution in [0.15, 0.2) is 0 Å². The molecule has 9 heteroatoms. The molecule has 0 saturated heterocycles. The SMILES string of the molecule is CC(=O)OCOC(=O)C[C@]1(OC(=O)C(C)C)CC[C@]2(C)[C@H](CC[C@@H]3[C@@]4(C)CC[C@H](OC(C)=O)C(C)(C)[C@@H]4CC[C@]32C)C1=O. The first-order valence-electron chi connectivity index (χ1n) is 16.1. The third kappa shape index (κ3) is 5.52. The van der Waals surface area contributed by atoms with Gasteiger partial charge in [-0.15, -0.1) is 0 Å². The predicted molar refractivity (Wildman–Crippen MR) is 157 cm³/mol. The van der Waals surface area contributed by atoms with Crippen molar-refractivity contribution in [2.24, 2.45) is 45.3 Å². The molecule has 8 atom stereocenters. The second-order valence-electron chi connectivity index (χ2n) is 15.5.